The highest BCUT2D eigenvalue weighted by Gasteiger charge is 2.32. The summed E-state index contributed by atoms with van der Waals surface area (Å²) in [5.74, 6) is -2.94. The van der Waals surface area contributed by atoms with Crippen molar-refractivity contribution in [2.24, 2.45) is 0 Å². The van der Waals surface area contributed by atoms with E-state index < -0.39 is 29.0 Å². The molecule has 1 N–H and O–H groups in total. The molecule has 2 aromatic rings. The molecule has 2 aromatic carbocycles. The van der Waals surface area contributed by atoms with Crippen molar-refractivity contribution in [3.63, 3.8) is 0 Å². The van der Waals surface area contributed by atoms with Crippen LogP contribution in [0, 0.1) is 11.6 Å². The van der Waals surface area contributed by atoms with Gasteiger partial charge in [0.1, 0.15) is 17.4 Å². The van der Waals surface area contributed by atoms with Gasteiger partial charge in [-0.15, -0.1) is 0 Å². The molecule has 0 fully saturated rings. The van der Waals surface area contributed by atoms with Gasteiger partial charge in [0.25, 0.3) is 0 Å². The summed E-state index contributed by atoms with van der Waals surface area (Å²) in [5.41, 5.74) is 0.454. The zero-order valence-electron chi connectivity index (χ0n) is 14.8. The van der Waals surface area contributed by atoms with Crippen LogP contribution in [0.15, 0.2) is 77.9 Å². The van der Waals surface area contributed by atoms with E-state index in [4.69, 9.17) is 0 Å². The lowest BCUT2D eigenvalue weighted by Crippen LogP contribution is -1.99. The molecule has 6 heteroatoms. The van der Waals surface area contributed by atoms with Gasteiger partial charge in [0.2, 0.25) is 0 Å². The first-order valence-electron chi connectivity index (χ1n) is 8.60. The minimum atomic E-state index is -0.597. The zero-order valence-corrected chi connectivity index (χ0v) is 14.8. The fourth-order valence-corrected chi connectivity index (χ4v) is 3.28. The smallest absolute Gasteiger partial charge is 0.197 e. The van der Waals surface area contributed by atoms with E-state index in [2.05, 4.69) is 0 Å². The SMILES string of the molecule is O=C1C(=CC=CC=CC2=C(O)c3cc(F)ccc3C2=O)C(=O)c2cc(F)ccc21. The summed E-state index contributed by atoms with van der Waals surface area (Å²) in [4.78, 5) is 36.8. The Morgan fingerprint density at radius 3 is 1.97 bits per heavy atom. The normalized spacial score (nSPS) is 17.3. The molecule has 0 aromatic heterocycles. The summed E-state index contributed by atoms with van der Waals surface area (Å²) in [6.07, 6.45) is 7.00. The largest absolute Gasteiger partial charge is 0.507 e. The first-order valence-corrected chi connectivity index (χ1v) is 8.60. The van der Waals surface area contributed by atoms with Crippen molar-refractivity contribution in [3.8, 4) is 0 Å². The Balaban J connectivity index is 1.53. The molecule has 4 rings (SSSR count). The standard InChI is InChI=1S/C23H12F2O4/c24-12-6-8-14-18(10-12)22(28)16(20(14)26)4-2-1-3-5-17-21(27)15-9-7-13(25)11-19(15)23(17)29/h1-11,28H. The minimum absolute atomic E-state index is 0.0128. The molecular formula is C23H12F2O4. The summed E-state index contributed by atoms with van der Waals surface area (Å²) < 4.78 is 26.6. The van der Waals surface area contributed by atoms with Gasteiger partial charge in [-0.2, -0.15) is 0 Å². The predicted molar refractivity (Wildman–Crippen MR) is 102 cm³/mol. The second-order valence-electron chi connectivity index (χ2n) is 6.45. The second kappa shape index (κ2) is 6.91. The molecule has 0 unspecified atom stereocenters. The number of aliphatic hydroxyl groups is 1. The molecule has 0 aliphatic heterocycles. The fraction of sp³-hybridized carbons (Fsp3) is 0. The van der Waals surface area contributed by atoms with E-state index in [1.807, 2.05) is 0 Å². The monoisotopic (exact) mass is 390 g/mol. The number of benzene rings is 2. The number of rotatable bonds is 3. The van der Waals surface area contributed by atoms with Crippen LogP contribution in [0.5, 0.6) is 0 Å². The Morgan fingerprint density at radius 2 is 1.28 bits per heavy atom. The van der Waals surface area contributed by atoms with Crippen LogP contribution in [0.25, 0.3) is 5.76 Å². The number of ketones is 3. The van der Waals surface area contributed by atoms with Gasteiger partial charge < -0.3 is 5.11 Å². The highest BCUT2D eigenvalue weighted by molar-refractivity contribution is 6.39. The van der Waals surface area contributed by atoms with Crippen LogP contribution in [0.3, 0.4) is 0 Å². The van der Waals surface area contributed by atoms with E-state index in [-0.39, 0.29) is 39.2 Å². The topological polar surface area (TPSA) is 71.4 Å². The van der Waals surface area contributed by atoms with Gasteiger partial charge in [-0.3, -0.25) is 14.4 Å². The van der Waals surface area contributed by atoms with Crippen molar-refractivity contribution in [1.29, 1.82) is 0 Å². The molecule has 0 saturated heterocycles. The average Bonchev–Trinajstić information content (AvgIpc) is 3.07. The van der Waals surface area contributed by atoms with Crippen LogP contribution in [0.1, 0.15) is 36.6 Å². The summed E-state index contributed by atoms with van der Waals surface area (Å²) in [6.45, 7) is 0. The highest BCUT2D eigenvalue weighted by atomic mass is 19.1. The number of aliphatic hydroxyl groups excluding tert-OH is 1. The van der Waals surface area contributed by atoms with Gasteiger partial charge >= 0.3 is 0 Å². The number of Topliss-reactive ketones (excluding diaryl/α,β-unsaturated/α-hetero) is 3. The predicted octanol–water partition coefficient (Wildman–Crippen LogP) is 4.55. The van der Waals surface area contributed by atoms with Gasteiger partial charge in [0.05, 0.1) is 11.1 Å². The summed E-state index contributed by atoms with van der Waals surface area (Å²) in [6, 6.07) is 6.96. The van der Waals surface area contributed by atoms with E-state index in [9.17, 15) is 28.3 Å². The first kappa shape index (κ1) is 18.4. The molecule has 4 nitrogen and oxygen atoms in total. The van der Waals surface area contributed by atoms with E-state index >= 15 is 0 Å². The molecular weight excluding hydrogens is 378 g/mol. The Labute approximate surface area is 163 Å². The third kappa shape index (κ3) is 3.04. The maximum atomic E-state index is 13.3. The lowest BCUT2D eigenvalue weighted by Gasteiger charge is -1.97. The average molecular weight is 390 g/mol. The molecule has 0 amide bonds. The van der Waals surface area contributed by atoms with Crippen molar-refractivity contribution in [2.45, 2.75) is 0 Å². The fourth-order valence-electron chi connectivity index (χ4n) is 3.28. The summed E-state index contributed by atoms with van der Waals surface area (Å²) in [5, 5.41) is 10.1. The molecule has 2 aliphatic rings. The number of carbonyl (C=O) groups excluding carboxylic acids is 3. The van der Waals surface area contributed by atoms with Crippen LogP contribution in [-0.4, -0.2) is 22.5 Å². The van der Waals surface area contributed by atoms with E-state index in [0.717, 1.165) is 24.3 Å². The van der Waals surface area contributed by atoms with Crippen molar-refractivity contribution in [3.05, 3.63) is 112 Å². The Hall–Kier alpha value is -3.93. The van der Waals surface area contributed by atoms with Gasteiger partial charge in [0.15, 0.2) is 17.3 Å². The van der Waals surface area contributed by atoms with E-state index in [1.54, 1.807) is 0 Å². The number of allylic oxidation sites excluding steroid dienone is 7. The van der Waals surface area contributed by atoms with Crippen LogP contribution in [0.4, 0.5) is 8.78 Å². The minimum Gasteiger partial charge on any atom is -0.507 e. The molecule has 29 heavy (non-hydrogen) atoms. The quantitative estimate of drug-likeness (QED) is 0.474. The van der Waals surface area contributed by atoms with Gasteiger partial charge in [-0.1, -0.05) is 18.2 Å². The lowest BCUT2D eigenvalue weighted by molar-refractivity contribution is 0.0986. The number of hydrogen-bond donors (Lipinski definition) is 1. The molecule has 0 heterocycles. The van der Waals surface area contributed by atoms with E-state index in [0.29, 0.717) is 0 Å². The molecule has 0 radical (unpaired) electrons. The Morgan fingerprint density at radius 1 is 0.690 bits per heavy atom. The maximum Gasteiger partial charge on any atom is 0.197 e. The van der Waals surface area contributed by atoms with Crippen molar-refractivity contribution in [2.75, 3.05) is 0 Å². The first-order chi connectivity index (χ1) is 13.9. The molecule has 142 valence electrons. The number of fused-ring (bicyclic) bond motifs is 2. The van der Waals surface area contributed by atoms with Crippen molar-refractivity contribution in [1.82, 2.24) is 0 Å². The number of halogens is 2. The van der Waals surface area contributed by atoms with Gasteiger partial charge in [-0.05, 0) is 48.6 Å². The lowest BCUT2D eigenvalue weighted by atomic mass is 10.1. The Kier molecular flexibility index (Phi) is 4.39. The number of carbonyl (C=O) groups is 3. The van der Waals surface area contributed by atoms with E-state index in [1.165, 1.54) is 42.5 Å². The molecule has 0 spiro atoms. The molecule has 2 aliphatic carbocycles. The molecule has 0 bridgehead atoms. The second-order valence-corrected chi connectivity index (χ2v) is 6.45. The summed E-state index contributed by atoms with van der Waals surface area (Å²) >= 11 is 0. The third-order valence-corrected chi connectivity index (χ3v) is 4.69. The van der Waals surface area contributed by atoms with Crippen LogP contribution in [-0.2, 0) is 0 Å². The maximum absolute atomic E-state index is 13.3. The van der Waals surface area contributed by atoms with Gasteiger partial charge in [-0.25, -0.2) is 8.78 Å². The molecule has 0 atom stereocenters. The van der Waals surface area contributed by atoms with Crippen LogP contribution in [0.2, 0.25) is 0 Å². The highest BCUT2D eigenvalue weighted by Crippen LogP contribution is 2.32. The zero-order chi connectivity index (χ0) is 20.7. The molecule has 0 saturated carbocycles. The third-order valence-electron chi connectivity index (χ3n) is 4.69. The van der Waals surface area contributed by atoms with Crippen LogP contribution < -0.4 is 0 Å². The van der Waals surface area contributed by atoms with Gasteiger partial charge in [0, 0.05) is 22.3 Å². The Bertz CT molecular complexity index is 1230. The van der Waals surface area contributed by atoms with Crippen molar-refractivity contribution < 1.29 is 28.3 Å². The number of hydrogen-bond acceptors (Lipinski definition) is 4. The summed E-state index contributed by atoms with van der Waals surface area (Å²) in [7, 11) is 0. The van der Waals surface area contributed by atoms with Crippen LogP contribution >= 0.6 is 0 Å². The van der Waals surface area contributed by atoms with Crippen molar-refractivity contribution >= 4 is 23.1 Å².